The third-order valence-electron chi connectivity index (χ3n) is 4.34. The summed E-state index contributed by atoms with van der Waals surface area (Å²) >= 11 is 0. The van der Waals surface area contributed by atoms with Crippen molar-refractivity contribution >= 4 is 6.03 Å². The fraction of sp³-hybridized carbons (Fsp3) is 0.333. The van der Waals surface area contributed by atoms with Crippen molar-refractivity contribution in [3.05, 3.63) is 64.7 Å². The predicted molar refractivity (Wildman–Crippen MR) is 86.7 cm³/mol. The first kappa shape index (κ1) is 15.5. The van der Waals surface area contributed by atoms with E-state index in [0.717, 1.165) is 29.5 Å². The van der Waals surface area contributed by atoms with Crippen LogP contribution in [-0.4, -0.2) is 17.6 Å². The molecule has 3 rings (SSSR count). The molecular weight excluding hydrogens is 293 g/mol. The van der Waals surface area contributed by atoms with Gasteiger partial charge in [-0.25, -0.2) is 9.18 Å². The third kappa shape index (κ3) is 3.50. The van der Waals surface area contributed by atoms with E-state index in [0.29, 0.717) is 13.0 Å². The molecule has 0 bridgehead atoms. The van der Waals surface area contributed by atoms with E-state index in [1.807, 2.05) is 25.3 Å². The first-order valence-corrected chi connectivity index (χ1v) is 7.86. The average molecular weight is 313 g/mol. The van der Waals surface area contributed by atoms with Crippen molar-refractivity contribution in [2.24, 2.45) is 0 Å². The maximum absolute atomic E-state index is 13.7. The highest BCUT2D eigenvalue weighted by atomic mass is 19.1. The fourth-order valence-electron chi connectivity index (χ4n) is 3.06. The summed E-state index contributed by atoms with van der Waals surface area (Å²) < 4.78 is 13.7. The highest BCUT2D eigenvalue weighted by molar-refractivity contribution is 5.74. The molecule has 4 nitrogen and oxygen atoms in total. The number of carbonyl (C=O) groups excluding carboxylic acids is 1. The molecule has 0 saturated carbocycles. The zero-order valence-electron chi connectivity index (χ0n) is 13.1. The highest BCUT2D eigenvalue weighted by Gasteiger charge is 2.25. The second-order valence-electron chi connectivity index (χ2n) is 5.85. The zero-order valence-corrected chi connectivity index (χ0v) is 13.1. The summed E-state index contributed by atoms with van der Waals surface area (Å²) in [7, 11) is 0. The van der Waals surface area contributed by atoms with Gasteiger partial charge < -0.3 is 10.6 Å². The summed E-state index contributed by atoms with van der Waals surface area (Å²) in [5, 5.41) is 5.80. The van der Waals surface area contributed by atoms with Gasteiger partial charge >= 0.3 is 6.03 Å². The molecule has 2 amide bonds. The van der Waals surface area contributed by atoms with E-state index in [1.165, 1.54) is 11.6 Å². The number of rotatable bonds is 4. The number of hydrogen-bond donors (Lipinski definition) is 2. The van der Waals surface area contributed by atoms with Crippen molar-refractivity contribution in [3.63, 3.8) is 0 Å². The minimum absolute atomic E-state index is 0.108. The van der Waals surface area contributed by atoms with Crippen molar-refractivity contribution in [2.75, 3.05) is 6.54 Å². The van der Waals surface area contributed by atoms with Crippen LogP contribution in [0.4, 0.5) is 9.18 Å². The molecule has 23 heavy (non-hydrogen) atoms. The summed E-state index contributed by atoms with van der Waals surface area (Å²) in [4.78, 5) is 16.1. The molecule has 1 aliphatic carbocycles. The fourth-order valence-corrected chi connectivity index (χ4v) is 3.06. The molecule has 1 aromatic carbocycles. The molecule has 1 aliphatic rings. The summed E-state index contributed by atoms with van der Waals surface area (Å²) in [6, 6.07) is 6.69. The van der Waals surface area contributed by atoms with Crippen LogP contribution < -0.4 is 10.6 Å². The Morgan fingerprint density at radius 2 is 2.26 bits per heavy atom. The number of carbonyl (C=O) groups is 1. The van der Waals surface area contributed by atoms with Crippen molar-refractivity contribution in [3.8, 4) is 0 Å². The number of amides is 2. The van der Waals surface area contributed by atoms with Crippen LogP contribution in [0.3, 0.4) is 0 Å². The lowest BCUT2D eigenvalue weighted by Gasteiger charge is -2.15. The van der Waals surface area contributed by atoms with Crippen LogP contribution in [0.25, 0.3) is 0 Å². The number of nitrogens with one attached hydrogen (secondary N) is 2. The van der Waals surface area contributed by atoms with Crippen LogP contribution in [-0.2, 0) is 12.8 Å². The standard InChI is InChI=1S/C18H20FN3O/c1-12-11-20-9-7-13(12)8-10-21-18(23)22-17-6-5-14-15(17)3-2-4-16(14)19/h2-4,7,9,11,17H,5-6,8,10H2,1H3,(H2,21,22,23)/t17-/m0/s1. The van der Waals surface area contributed by atoms with Gasteiger partial charge in [0, 0.05) is 18.9 Å². The molecule has 0 spiro atoms. The second kappa shape index (κ2) is 6.77. The van der Waals surface area contributed by atoms with Crippen LogP contribution in [0.1, 0.15) is 34.7 Å². The van der Waals surface area contributed by atoms with E-state index in [2.05, 4.69) is 15.6 Å². The van der Waals surface area contributed by atoms with Crippen LogP contribution in [0.15, 0.2) is 36.7 Å². The van der Waals surface area contributed by atoms with Gasteiger partial charge in [0.15, 0.2) is 0 Å². The van der Waals surface area contributed by atoms with E-state index in [4.69, 9.17) is 0 Å². The number of halogens is 1. The van der Waals surface area contributed by atoms with Gasteiger partial charge in [0.05, 0.1) is 6.04 Å². The summed E-state index contributed by atoms with van der Waals surface area (Å²) in [5.74, 6) is -0.180. The number of urea groups is 1. The molecule has 0 aliphatic heterocycles. The van der Waals surface area contributed by atoms with Gasteiger partial charge in [0.1, 0.15) is 5.82 Å². The van der Waals surface area contributed by atoms with Crippen molar-refractivity contribution in [1.29, 1.82) is 0 Å². The first-order chi connectivity index (χ1) is 11.1. The summed E-state index contributed by atoms with van der Waals surface area (Å²) in [6.45, 7) is 2.56. The summed E-state index contributed by atoms with van der Waals surface area (Å²) in [6.07, 6.45) is 5.75. The molecule has 1 atom stereocenters. The van der Waals surface area contributed by atoms with E-state index < -0.39 is 0 Å². The Morgan fingerprint density at radius 1 is 1.39 bits per heavy atom. The first-order valence-electron chi connectivity index (χ1n) is 7.86. The molecule has 1 heterocycles. The van der Waals surface area contributed by atoms with Crippen LogP contribution in [0.5, 0.6) is 0 Å². The average Bonchev–Trinajstić information content (AvgIpc) is 2.94. The van der Waals surface area contributed by atoms with E-state index in [1.54, 1.807) is 12.3 Å². The molecular formula is C18H20FN3O. The molecule has 2 N–H and O–H groups in total. The van der Waals surface area contributed by atoms with Gasteiger partial charge in [-0.3, -0.25) is 4.98 Å². The van der Waals surface area contributed by atoms with Crippen LogP contribution >= 0.6 is 0 Å². The minimum atomic E-state index is -0.209. The highest BCUT2D eigenvalue weighted by Crippen LogP contribution is 2.32. The maximum atomic E-state index is 13.7. The van der Waals surface area contributed by atoms with Crippen LogP contribution in [0, 0.1) is 12.7 Å². The Kier molecular flexibility index (Phi) is 4.55. The van der Waals surface area contributed by atoms with Gasteiger partial charge in [-0.05, 0) is 60.6 Å². The monoisotopic (exact) mass is 313 g/mol. The SMILES string of the molecule is Cc1cnccc1CCNC(=O)N[C@H]1CCc2c(F)cccc21. The van der Waals surface area contributed by atoms with E-state index in [-0.39, 0.29) is 17.9 Å². The van der Waals surface area contributed by atoms with E-state index >= 15 is 0 Å². The summed E-state index contributed by atoms with van der Waals surface area (Å²) in [5.41, 5.74) is 3.92. The van der Waals surface area contributed by atoms with Crippen molar-refractivity contribution in [2.45, 2.75) is 32.2 Å². The third-order valence-corrected chi connectivity index (χ3v) is 4.34. The van der Waals surface area contributed by atoms with Crippen LogP contribution in [0.2, 0.25) is 0 Å². The van der Waals surface area contributed by atoms with Crippen molar-refractivity contribution < 1.29 is 9.18 Å². The van der Waals surface area contributed by atoms with Gasteiger partial charge in [0.2, 0.25) is 0 Å². The molecule has 0 unspecified atom stereocenters. The molecule has 1 aromatic heterocycles. The number of aromatic nitrogens is 1. The van der Waals surface area contributed by atoms with Gasteiger partial charge in [0.25, 0.3) is 0 Å². The van der Waals surface area contributed by atoms with Crippen molar-refractivity contribution in [1.82, 2.24) is 15.6 Å². The number of pyridine rings is 1. The normalized spacial score (nSPS) is 16.0. The molecule has 2 aromatic rings. The minimum Gasteiger partial charge on any atom is -0.338 e. The Bertz CT molecular complexity index is 717. The largest absolute Gasteiger partial charge is 0.338 e. The number of fused-ring (bicyclic) bond motifs is 1. The quantitative estimate of drug-likeness (QED) is 0.911. The Labute approximate surface area is 135 Å². The lowest BCUT2D eigenvalue weighted by atomic mass is 10.1. The Hall–Kier alpha value is -2.43. The lowest BCUT2D eigenvalue weighted by Crippen LogP contribution is -2.38. The number of hydrogen-bond acceptors (Lipinski definition) is 2. The Morgan fingerprint density at radius 3 is 3.09 bits per heavy atom. The lowest BCUT2D eigenvalue weighted by molar-refractivity contribution is 0.237. The van der Waals surface area contributed by atoms with Gasteiger partial charge in [-0.1, -0.05) is 12.1 Å². The smallest absolute Gasteiger partial charge is 0.315 e. The number of nitrogens with zero attached hydrogens (tertiary/aromatic N) is 1. The molecule has 120 valence electrons. The Balaban J connectivity index is 1.52. The molecule has 0 saturated heterocycles. The number of benzene rings is 1. The topological polar surface area (TPSA) is 54.0 Å². The maximum Gasteiger partial charge on any atom is 0.315 e. The van der Waals surface area contributed by atoms with Gasteiger partial charge in [-0.15, -0.1) is 0 Å². The predicted octanol–water partition coefficient (Wildman–Crippen LogP) is 3.06. The van der Waals surface area contributed by atoms with E-state index in [9.17, 15) is 9.18 Å². The molecule has 5 heteroatoms. The number of aryl methyl sites for hydroxylation is 1. The zero-order chi connectivity index (χ0) is 16.2. The van der Waals surface area contributed by atoms with Gasteiger partial charge in [-0.2, -0.15) is 0 Å². The molecule has 0 fully saturated rings. The molecule has 0 radical (unpaired) electrons. The second-order valence-corrected chi connectivity index (χ2v) is 5.85.